The van der Waals surface area contributed by atoms with Crippen LogP contribution < -0.4 is 11.0 Å². The van der Waals surface area contributed by atoms with Gasteiger partial charge in [0.1, 0.15) is 0 Å². The molecule has 0 bridgehead atoms. The molecule has 1 aliphatic rings. The van der Waals surface area contributed by atoms with E-state index in [1.807, 2.05) is 40.0 Å². The first-order valence-electron chi connectivity index (χ1n) is 10.3. The van der Waals surface area contributed by atoms with E-state index in [0.717, 1.165) is 54.6 Å². The number of nitrogens with zero attached hydrogens (tertiary/aromatic N) is 3. The number of amides is 2. The Hall–Kier alpha value is -2.28. The lowest BCUT2D eigenvalue weighted by atomic mass is 10.1. The lowest BCUT2D eigenvalue weighted by molar-refractivity contribution is 0.101. The Kier molecular flexibility index (Phi) is 6.44. The number of anilines is 1. The summed E-state index contributed by atoms with van der Waals surface area (Å²) in [5.41, 5.74) is 3.46. The Morgan fingerprint density at radius 2 is 1.93 bits per heavy atom. The van der Waals surface area contributed by atoms with Gasteiger partial charge in [-0.25, -0.2) is 9.59 Å². The molecule has 0 aliphatic carbocycles. The van der Waals surface area contributed by atoms with Gasteiger partial charge in [0, 0.05) is 39.0 Å². The van der Waals surface area contributed by atoms with Crippen LogP contribution in [0.1, 0.15) is 45.1 Å². The minimum absolute atomic E-state index is 0.00544. The maximum atomic E-state index is 12.6. The Morgan fingerprint density at radius 1 is 1.25 bits per heavy atom. The summed E-state index contributed by atoms with van der Waals surface area (Å²) >= 11 is 0. The zero-order valence-electron chi connectivity index (χ0n) is 17.5. The number of aryl methyl sites for hydroxylation is 3. The normalized spacial score (nSPS) is 16.6. The van der Waals surface area contributed by atoms with Crippen molar-refractivity contribution in [1.29, 1.82) is 0 Å². The molecule has 0 spiro atoms. The van der Waals surface area contributed by atoms with Crippen molar-refractivity contribution in [2.75, 3.05) is 25.5 Å². The maximum Gasteiger partial charge on any atom is 0.329 e. The average Bonchev–Trinajstić information content (AvgIpc) is 3.27. The fourth-order valence-electron chi connectivity index (χ4n) is 3.95. The van der Waals surface area contributed by atoms with Gasteiger partial charge in [0.15, 0.2) is 0 Å². The molecule has 2 amide bonds. The van der Waals surface area contributed by atoms with Crippen molar-refractivity contribution in [3.05, 3.63) is 28.2 Å². The van der Waals surface area contributed by atoms with E-state index in [-0.39, 0.29) is 11.7 Å². The van der Waals surface area contributed by atoms with Crippen molar-refractivity contribution in [2.45, 2.75) is 65.6 Å². The van der Waals surface area contributed by atoms with Crippen molar-refractivity contribution >= 4 is 22.8 Å². The van der Waals surface area contributed by atoms with E-state index in [9.17, 15) is 9.59 Å². The highest BCUT2D eigenvalue weighted by atomic mass is 16.5. The van der Waals surface area contributed by atoms with Crippen molar-refractivity contribution in [2.24, 2.45) is 0 Å². The summed E-state index contributed by atoms with van der Waals surface area (Å²) in [7, 11) is 1.81. The summed E-state index contributed by atoms with van der Waals surface area (Å²) in [4.78, 5) is 26.9. The van der Waals surface area contributed by atoms with Gasteiger partial charge in [0.2, 0.25) is 0 Å². The first-order chi connectivity index (χ1) is 13.5. The number of carbonyl (C=O) groups excluding carboxylic acids is 1. The summed E-state index contributed by atoms with van der Waals surface area (Å²) in [6.45, 7) is 8.67. The summed E-state index contributed by atoms with van der Waals surface area (Å²) in [6.07, 6.45) is 4.56. The number of ether oxygens (including phenoxy) is 1. The fourth-order valence-corrected chi connectivity index (χ4v) is 3.95. The number of rotatable bonds is 7. The van der Waals surface area contributed by atoms with Crippen LogP contribution in [0, 0.1) is 6.92 Å². The monoisotopic (exact) mass is 388 g/mol. The molecule has 154 valence electrons. The lowest BCUT2D eigenvalue weighted by Gasteiger charge is -2.20. The molecule has 1 aromatic heterocycles. The first-order valence-corrected chi connectivity index (χ1v) is 10.3. The molecule has 2 heterocycles. The molecule has 0 saturated carbocycles. The highest BCUT2D eigenvalue weighted by molar-refractivity contribution is 5.93. The average molecular weight is 389 g/mol. The second kappa shape index (κ2) is 8.82. The molecule has 3 rings (SSSR count). The molecule has 1 N–H and O–H groups in total. The van der Waals surface area contributed by atoms with Crippen molar-refractivity contribution in [3.63, 3.8) is 0 Å². The predicted molar refractivity (Wildman–Crippen MR) is 112 cm³/mol. The zero-order chi connectivity index (χ0) is 20.3. The molecule has 2 aromatic rings. The molecular weight excluding hydrogens is 356 g/mol. The number of nitrogens with one attached hydrogen (secondary N) is 1. The lowest BCUT2D eigenvalue weighted by Crippen LogP contribution is -2.32. The van der Waals surface area contributed by atoms with Gasteiger partial charge in [-0.05, 0) is 64.2 Å². The van der Waals surface area contributed by atoms with E-state index in [1.54, 1.807) is 14.0 Å². The number of aromatic nitrogens is 2. The maximum absolute atomic E-state index is 12.6. The number of carbonyl (C=O) groups is 1. The van der Waals surface area contributed by atoms with E-state index >= 15 is 0 Å². The standard InChI is InChI=1S/C21H32N4O3/c1-5-24-18-13-15(3)17(14-19(18)25(6-2)21(24)27)22-20(26)23(4)11-7-9-16-10-8-12-28-16/h13-14,16H,5-12H2,1-4H3,(H,22,26). The van der Waals surface area contributed by atoms with Crippen molar-refractivity contribution in [3.8, 4) is 0 Å². The minimum atomic E-state index is -0.130. The third-order valence-electron chi connectivity index (χ3n) is 5.63. The number of benzene rings is 1. The summed E-state index contributed by atoms with van der Waals surface area (Å²) in [5, 5.41) is 3.01. The molecule has 1 atom stereocenters. The van der Waals surface area contributed by atoms with E-state index in [0.29, 0.717) is 25.7 Å². The van der Waals surface area contributed by atoms with Gasteiger partial charge in [-0.3, -0.25) is 9.13 Å². The van der Waals surface area contributed by atoms with Gasteiger partial charge in [-0.15, -0.1) is 0 Å². The SMILES string of the molecule is CCn1c(=O)n(CC)c2cc(NC(=O)N(C)CCCC3CCCO3)c(C)cc21. The Balaban J connectivity index is 1.71. The summed E-state index contributed by atoms with van der Waals surface area (Å²) < 4.78 is 9.16. The Labute approximate surface area is 166 Å². The van der Waals surface area contributed by atoms with Gasteiger partial charge >= 0.3 is 11.7 Å². The molecular formula is C21H32N4O3. The van der Waals surface area contributed by atoms with Crippen LogP contribution in [0.4, 0.5) is 10.5 Å². The van der Waals surface area contributed by atoms with Gasteiger partial charge in [0.05, 0.1) is 17.1 Å². The molecule has 7 heteroatoms. The van der Waals surface area contributed by atoms with Crippen LogP contribution in [-0.2, 0) is 17.8 Å². The molecule has 1 aliphatic heterocycles. The van der Waals surface area contributed by atoms with Crippen LogP contribution in [0.5, 0.6) is 0 Å². The zero-order valence-corrected chi connectivity index (χ0v) is 17.5. The van der Waals surface area contributed by atoms with Gasteiger partial charge in [-0.2, -0.15) is 0 Å². The Bertz CT molecular complexity index is 893. The molecule has 1 fully saturated rings. The summed E-state index contributed by atoms with van der Waals surface area (Å²) in [5.74, 6) is 0. The second-order valence-corrected chi connectivity index (χ2v) is 7.56. The van der Waals surface area contributed by atoms with Crippen LogP contribution in [0.25, 0.3) is 11.0 Å². The van der Waals surface area contributed by atoms with E-state index in [1.165, 1.54) is 0 Å². The molecule has 28 heavy (non-hydrogen) atoms. The molecule has 1 aromatic carbocycles. The third-order valence-corrected chi connectivity index (χ3v) is 5.63. The highest BCUT2D eigenvalue weighted by Gasteiger charge is 2.18. The van der Waals surface area contributed by atoms with Gasteiger partial charge in [-0.1, -0.05) is 0 Å². The third kappa shape index (κ3) is 4.09. The van der Waals surface area contributed by atoms with Crippen LogP contribution in [-0.4, -0.2) is 46.4 Å². The molecule has 1 unspecified atom stereocenters. The summed E-state index contributed by atoms with van der Waals surface area (Å²) in [6, 6.07) is 3.77. The fraction of sp³-hybridized carbons (Fsp3) is 0.619. The minimum Gasteiger partial charge on any atom is -0.378 e. The largest absolute Gasteiger partial charge is 0.378 e. The van der Waals surface area contributed by atoms with Gasteiger partial charge < -0.3 is 15.0 Å². The van der Waals surface area contributed by atoms with Crippen LogP contribution in [0.2, 0.25) is 0 Å². The van der Waals surface area contributed by atoms with Crippen molar-refractivity contribution < 1.29 is 9.53 Å². The number of urea groups is 1. The highest BCUT2D eigenvalue weighted by Crippen LogP contribution is 2.24. The van der Waals surface area contributed by atoms with E-state index < -0.39 is 0 Å². The number of imidazole rings is 1. The smallest absolute Gasteiger partial charge is 0.329 e. The van der Waals surface area contributed by atoms with Crippen LogP contribution in [0.15, 0.2) is 16.9 Å². The van der Waals surface area contributed by atoms with E-state index in [4.69, 9.17) is 4.74 Å². The number of hydrogen-bond acceptors (Lipinski definition) is 3. The van der Waals surface area contributed by atoms with Crippen molar-refractivity contribution in [1.82, 2.24) is 14.0 Å². The van der Waals surface area contributed by atoms with E-state index in [2.05, 4.69) is 5.32 Å². The second-order valence-electron chi connectivity index (χ2n) is 7.56. The number of hydrogen-bond donors (Lipinski definition) is 1. The number of fused-ring (bicyclic) bond motifs is 1. The topological polar surface area (TPSA) is 68.5 Å². The predicted octanol–water partition coefficient (Wildman–Crippen LogP) is 3.57. The van der Waals surface area contributed by atoms with Gasteiger partial charge in [0.25, 0.3) is 0 Å². The molecule has 1 saturated heterocycles. The molecule has 7 nitrogen and oxygen atoms in total. The van der Waals surface area contributed by atoms with Crippen LogP contribution in [0.3, 0.4) is 0 Å². The Morgan fingerprint density at radius 3 is 2.54 bits per heavy atom. The quantitative estimate of drug-likeness (QED) is 0.788. The molecule has 0 radical (unpaired) electrons. The first kappa shape index (κ1) is 20.5. The van der Waals surface area contributed by atoms with Crippen LogP contribution >= 0.6 is 0 Å².